The lowest BCUT2D eigenvalue weighted by Gasteiger charge is -2.36. The van der Waals surface area contributed by atoms with E-state index in [1.165, 1.54) is 23.1 Å². The number of hydrogen-bond acceptors (Lipinski definition) is 8. The molecule has 0 fully saturated rings. The van der Waals surface area contributed by atoms with E-state index in [-0.39, 0.29) is 16.5 Å². The lowest BCUT2D eigenvalue weighted by atomic mass is 10.00. The number of nitrogens with zero attached hydrogens (tertiary/aromatic N) is 4. The topological polar surface area (TPSA) is 98.4 Å². The van der Waals surface area contributed by atoms with Crippen molar-refractivity contribution in [2.75, 3.05) is 18.9 Å². The van der Waals surface area contributed by atoms with Gasteiger partial charge < -0.3 is 14.9 Å². The summed E-state index contributed by atoms with van der Waals surface area (Å²) in [6, 6.07) is 17.1. The van der Waals surface area contributed by atoms with Gasteiger partial charge in [0, 0.05) is 27.3 Å². The second-order valence-corrected chi connectivity index (χ2v) is 18.1. The number of rotatable bonds is 10. The highest BCUT2D eigenvalue weighted by atomic mass is 35.5. The van der Waals surface area contributed by atoms with Crippen LogP contribution in [0.5, 0.6) is 5.75 Å². The van der Waals surface area contributed by atoms with Gasteiger partial charge in [-0.2, -0.15) is 5.26 Å². The van der Waals surface area contributed by atoms with Gasteiger partial charge >= 0.3 is 0 Å². The first kappa shape index (κ1) is 31.6. The summed E-state index contributed by atoms with van der Waals surface area (Å²) >= 11 is 8.92. The molecule has 0 aliphatic rings. The van der Waals surface area contributed by atoms with E-state index in [9.17, 15) is 5.26 Å². The predicted octanol–water partition coefficient (Wildman–Crippen LogP) is 9.22. The van der Waals surface area contributed by atoms with E-state index in [1.54, 1.807) is 0 Å². The van der Waals surface area contributed by atoms with Gasteiger partial charge in [-0.3, -0.25) is 0 Å². The molecule has 7 nitrogen and oxygen atoms in total. The van der Waals surface area contributed by atoms with E-state index in [0.29, 0.717) is 51.5 Å². The molecular weight excluding hydrogens is 602 g/mol. The van der Waals surface area contributed by atoms with Gasteiger partial charge in [-0.25, -0.2) is 14.8 Å². The summed E-state index contributed by atoms with van der Waals surface area (Å²) in [7, 11) is -1.84. The SMILES string of the molecule is [C-]#[N+]c1c(N)nc(SCc2csc(-c3ccc(Cl)cc3)n2)c(C#N)c1-c1ccc(OCCO[Si](C)(C)C(C)(C)C)cc1. The number of pyridine rings is 1. The van der Waals surface area contributed by atoms with Gasteiger partial charge in [0.2, 0.25) is 5.69 Å². The number of anilines is 1. The fourth-order valence-corrected chi connectivity index (χ4v) is 6.78. The number of thiazole rings is 1. The van der Waals surface area contributed by atoms with E-state index in [0.717, 1.165) is 16.3 Å². The van der Waals surface area contributed by atoms with Crippen LogP contribution in [0.2, 0.25) is 23.2 Å². The number of thioether (sulfide) groups is 1. The molecule has 2 aromatic heterocycles. The molecule has 0 aliphatic carbocycles. The molecule has 2 heterocycles. The summed E-state index contributed by atoms with van der Waals surface area (Å²) in [5.74, 6) is 1.26. The zero-order valence-corrected chi connectivity index (χ0v) is 27.6. The van der Waals surface area contributed by atoms with Crippen LogP contribution < -0.4 is 10.5 Å². The van der Waals surface area contributed by atoms with E-state index in [1.807, 2.05) is 53.9 Å². The average molecular weight is 634 g/mol. The second-order valence-electron chi connectivity index (χ2n) is 11.0. The van der Waals surface area contributed by atoms with Crippen LogP contribution in [-0.4, -0.2) is 31.5 Å². The van der Waals surface area contributed by atoms with Crippen LogP contribution in [0, 0.1) is 17.9 Å². The first-order valence-electron chi connectivity index (χ1n) is 13.2. The molecule has 0 spiro atoms. The van der Waals surface area contributed by atoms with Crippen molar-refractivity contribution in [2.45, 2.75) is 49.7 Å². The summed E-state index contributed by atoms with van der Waals surface area (Å²) in [4.78, 5) is 12.8. The molecular formula is C31H32ClN5O2S2Si. The van der Waals surface area contributed by atoms with Crippen LogP contribution in [0.15, 0.2) is 58.9 Å². The van der Waals surface area contributed by atoms with Gasteiger partial charge in [0.05, 0.1) is 24.4 Å². The Hall–Kier alpha value is -3.38. The van der Waals surface area contributed by atoms with Crippen LogP contribution in [0.3, 0.4) is 0 Å². The predicted molar refractivity (Wildman–Crippen MR) is 176 cm³/mol. The molecule has 4 aromatic rings. The molecule has 4 rings (SSSR count). The Balaban J connectivity index is 1.50. The Bertz CT molecular complexity index is 1640. The van der Waals surface area contributed by atoms with Crippen LogP contribution in [0.25, 0.3) is 26.5 Å². The Morgan fingerprint density at radius 3 is 2.36 bits per heavy atom. The molecule has 0 radical (unpaired) electrons. The maximum atomic E-state index is 10.2. The van der Waals surface area contributed by atoms with Gasteiger partial charge in [0.25, 0.3) is 0 Å². The van der Waals surface area contributed by atoms with Gasteiger partial charge in [0.15, 0.2) is 8.32 Å². The van der Waals surface area contributed by atoms with Crippen molar-refractivity contribution in [1.29, 1.82) is 5.26 Å². The fourth-order valence-electron chi connectivity index (χ4n) is 3.81. The van der Waals surface area contributed by atoms with Crippen molar-refractivity contribution >= 4 is 54.5 Å². The zero-order valence-electron chi connectivity index (χ0n) is 24.2. The Kier molecular flexibility index (Phi) is 9.98. The number of nitrogen functional groups attached to an aromatic ring is 1. The third-order valence-electron chi connectivity index (χ3n) is 7.15. The van der Waals surface area contributed by atoms with Crippen LogP contribution in [-0.2, 0) is 10.2 Å². The molecule has 0 unspecified atom stereocenters. The molecule has 0 amide bonds. The van der Waals surface area contributed by atoms with E-state index in [4.69, 9.17) is 38.1 Å². The summed E-state index contributed by atoms with van der Waals surface area (Å²) in [6.07, 6.45) is 0. The maximum Gasteiger partial charge on any atom is 0.236 e. The number of nitrogens with two attached hydrogens (primary N) is 1. The number of nitriles is 1. The zero-order chi connectivity index (χ0) is 30.5. The second kappa shape index (κ2) is 13.3. The highest BCUT2D eigenvalue weighted by Gasteiger charge is 2.36. The largest absolute Gasteiger partial charge is 0.491 e. The number of halogens is 1. The van der Waals surface area contributed by atoms with Gasteiger partial charge in [-0.15, -0.1) is 11.3 Å². The Morgan fingerprint density at radius 1 is 1.07 bits per heavy atom. The monoisotopic (exact) mass is 633 g/mol. The highest BCUT2D eigenvalue weighted by Crippen LogP contribution is 2.42. The van der Waals surface area contributed by atoms with Gasteiger partial charge in [-0.05, 0) is 48.0 Å². The van der Waals surface area contributed by atoms with Crippen molar-refractivity contribution in [3.63, 3.8) is 0 Å². The number of aromatic nitrogens is 2. The first-order valence-corrected chi connectivity index (χ1v) is 18.4. The summed E-state index contributed by atoms with van der Waals surface area (Å²) in [5.41, 5.74) is 9.69. The van der Waals surface area contributed by atoms with E-state index < -0.39 is 8.32 Å². The van der Waals surface area contributed by atoms with Crippen LogP contribution in [0.1, 0.15) is 32.0 Å². The van der Waals surface area contributed by atoms with Crippen molar-refractivity contribution in [2.24, 2.45) is 0 Å². The number of ether oxygens (including phenoxy) is 1. The van der Waals surface area contributed by atoms with Gasteiger partial charge in [-0.1, -0.05) is 68.4 Å². The first-order chi connectivity index (χ1) is 19.9. The Labute approximate surface area is 261 Å². The number of hydrogen-bond donors (Lipinski definition) is 1. The maximum absolute atomic E-state index is 10.2. The summed E-state index contributed by atoms with van der Waals surface area (Å²) < 4.78 is 12.1. The van der Waals surface area contributed by atoms with Crippen molar-refractivity contribution in [1.82, 2.24) is 9.97 Å². The standard InChI is InChI=1S/C31H32ClN5O2S2Si/c1-31(2,3)42(5,6)39-16-15-38-24-13-9-20(10-14-24)26-25(17-33)30(37-28(34)27(26)35-4)41-19-23-18-40-29(36-23)21-7-11-22(32)12-8-21/h7-14,18H,15-16,19H2,1-3,5-6H3,(H2,34,37). The fraction of sp³-hybridized carbons (Fsp3) is 0.290. The molecule has 0 atom stereocenters. The molecule has 0 saturated heterocycles. The minimum absolute atomic E-state index is 0.0877. The van der Waals surface area contributed by atoms with Gasteiger partial charge in [0.1, 0.15) is 34.3 Å². The molecule has 0 bridgehead atoms. The lowest BCUT2D eigenvalue weighted by Crippen LogP contribution is -2.41. The summed E-state index contributed by atoms with van der Waals surface area (Å²) in [6.45, 7) is 19.7. The minimum Gasteiger partial charge on any atom is -0.491 e. The van der Waals surface area contributed by atoms with Crippen LogP contribution >= 0.6 is 34.7 Å². The van der Waals surface area contributed by atoms with Crippen molar-refractivity contribution in [3.05, 3.63) is 81.6 Å². The Morgan fingerprint density at radius 2 is 1.74 bits per heavy atom. The van der Waals surface area contributed by atoms with Crippen LogP contribution in [0.4, 0.5) is 11.5 Å². The molecule has 2 aromatic carbocycles. The quantitative estimate of drug-likeness (QED) is 0.0804. The summed E-state index contributed by atoms with van der Waals surface area (Å²) in [5, 5.41) is 14.3. The smallest absolute Gasteiger partial charge is 0.236 e. The molecule has 2 N–H and O–H groups in total. The molecule has 216 valence electrons. The van der Waals surface area contributed by atoms with Crippen molar-refractivity contribution in [3.8, 4) is 33.5 Å². The third-order valence-corrected chi connectivity index (χ3v) is 13.9. The van der Waals surface area contributed by atoms with E-state index >= 15 is 0 Å². The normalized spacial score (nSPS) is 11.6. The van der Waals surface area contributed by atoms with E-state index in [2.05, 4.69) is 49.8 Å². The molecule has 0 saturated carbocycles. The molecule has 42 heavy (non-hydrogen) atoms. The molecule has 0 aliphatic heterocycles. The van der Waals surface area contributed by atoms with Crippen molar-refractivity contribution < 1.29 is 9.16 Å². The number of benzene rings is 2. The molecule has 11 heteroatoms. The third kappa shape index (κ3) is 7.33. The average Bonchev–Trinajstić information content (AvgIpc) is 3.43. The highest BCUT2D eigenvalue weighted by molar-refractivity contribution is 7.98. The lowest BCUT2D eigenvalue weighted by molar-refractivity contribution is 0.203. The minimum atomic E-state index is -1.84.